The Labute approximate surface area is 124 Å². The minimum absolute atomic E-state index is 0.00715. The first kappa shape index (κ1) is 16.1. The standard InChI is InChI=1S/C14H19Cl2NO2/c1-10-8-12(9-11(2)14(10)16)19-7-6-17-13(18)4-3-5-15/h8-9H,3-7H2,1-2H3,(H,17,18). The number of alkyl halides is 1. The first-order valence-corrected chi connectivity index (χ1v) is 7.18. The first-order chi connectivity index (χ1) is 9.04. The zero-order valence-corrected chi connectivity index (χ0v) is 12.8. The van der Waals surface area contributed by atoms with Crippen molar-refractivity contribution in [2.24, 2.45) is 0 Å². The highest BCUT2D eigenvalue weighted by Crippen LogP contribution is 2.25. The Bertz CT molecular complexity index is 412. The Kier molecular flexibility index (Phi) is 7.03. The van der Waals surface area contributed by atoms with Gasteiger partial charge in [-0.15, -0.1) is 11.6 Å². The monoisotopic (exact) mass is 303 g/mol. The number of nitrogens with one attached hydrogen (secondary N) is 1. The van der Waals surface area contributed by atoms with Crippen LogP contribution >= 0.6 is 23.2 Å². The second-order valence-corrected chi connectivity index (χ2v) is 5.12. The van der Waals surface area contributed by atoms with Gasteiger partial charge in [0.05, 0.1) is 6.54 Å². The van der Waals surface area contributed by atoms with Crippen LogP contribution < -0.4 is 10.1 Å². The number of hydrogen-bond acceptors (Lipinski definition) is 2. The van der Waals surface area contributed by atoms with E-state index in [0.717, 1.165) is 21.9 Å². The molecule has 1 aromatic rings. The average molecular weight is 304 g/mol. The van der Waals surface area contributed by atoms with Crippen molar-refractivity contribution >= 4 is 29.1 Å². The van der Waals surface area contributed by atoms with Gasteiger partial charge in [0.15, 0.2) is 0 Å². The van der Waals surface area contributed by atoms with Gasteiger partial charge in [-0.2, -0.15) is 0 Å². The molecule has 0 bridgehead atoms. The largest absolute Gasteiger partial charge is 0.492 e. The van der Waals surface area contributed by atoms with Crippen molar-refractivity contribution in [1.82, 2.24) is 5.32 Å². The minimum Gasteiger partial charge on any atom is -0.492 e. The van der Waals surface area contributed by atoms with E-state index < -0.39 is 0 Å². The molecule has 0 aliphatic carbocycles. The van der Waals surface area contributed by atoms with E-state index in [1.54, 1.807) is 0 Å². The lowest BCUT2D eigenvalue weighted by atomic mass is 10.1. The molecule has 0 fully saturated rings. The topological polar surface area (TPSA) is 38.3 Å². The number of amides is 1. The molecule has 0 radical (unpaired) electrons. The van der Waals surface area contributed by atoms with Gasteiger partial charge in [-0.1, -0.05) is 11.6 Å². The van der Waals surface area contributed by atoms with Crippen molar-refractivity contribution in [3.05, 3.63) is 28.3 Å². The van der Waals surface area contributed by atoms with Crippen molar-refractivity contribution in [1.29, 1.82) is 0 Å². The first-order valence-electron chi connectivity index (χ1n) is 6.26. The molecule has 5 heteroatoms. The highest BCUT2D eigenvalue weighted by atomic mass is 35.5. The third kappa shape index (κ3) is 5.70. The predicted molar refractivity (Wildman–Crippen MR) is 79.4 cm³/mol. The van der Waals surface area contributed by atoms with Crippen LogP contribution in [0.4, 0.5) is 0 Å². The summed E-state index contributed by atoms with van der Waals surface area (Å²) in [5.74, 6) is 1.29. The van der Waals surface area contributed by atoms with Gasteiger partial charge in [-0.3, -0.25) is 4.79 Å². The summed E-state index contributed by atoms with van der Waals surface area (Å²) in [6.45, 7) is 4.81. The second kappa shape index (κ2) is 8.28. The minimum atomic E-state index is 0.00715. The van der Waals surface area contributed by atoms with Gasteiger partial charge in [0.25, 0.3) is 0 Å². The van der Waals surface area contributed by atoms with Gasteiger partial charge in [0.1, 0.15) is 12.4 Å². The summed E-state index contributed by atoms with van der Waals surface area (Å²) in [6, 6.07) is 3.79. The molecule has 1 aromatic carbocycles. The van der Waals surface area contributed by atoms with Crippen LogP contribution in [0.2, 0.25) is 5.02 Å². The zero-order valence-electron chi connectivity index (χ0n) is 11.3. The van der Waals surface area contributed by atoms with E-state index in [1.165, 1.54) is 0 Å². The lowest BCUT2D eigenvalue weighted by Crippen LogP contribution is -2.27. The predicted octanol–water partition coefficient (Wildman–Crippen LogP) is 3.47. The van der Waals surface area contributed by atoms with Crippen LogP contribution in [0.5, 0.6) is 5.75 Å². The quantitative estimate of drug-likeness (QED) is 0.619. The van der Waals surface area contributed by atoms with Gasteiger partial charge < -0.3 is 10.1 Å². The van der Waals surface area contributed by atoms with E-state index in [0.29, 0.717) is 31.9 Å². The molecule has 0 aliphatic heterocycles. The zero-order chi connectivity index (χ0) is 14.3. The van der Waals surface area contributed by atoms with Crippen LogP contribution in [0.3, 0.4) is 0 Å². The molecule has 106 valence electrons. The smallest absolute Gasteiger partial charge is 0.220 e. The molecular weight excluding hydrogens is 285 g/mol. The Morgan fingerprint density at radius 3 is 2.53 bits per heavy atom. The van der Waals surface area contributed by atoms with E-state index >= 15 is 0 Å². The van der Waals surface area contributed by atoms with Gasteiger partial charge in [-0.25, -0.2) is 0 Å². The van der Waals surface area contributed by atoms with Crippen molar-refractivity contribution in [2.45, 2.75) is 26.7 Å². The van der Waals surface area contributed by atoms with Crippen molar-refractivity contribution in [2.75, 3.05) is 19.0 Å². The molecule has 0 spiro atoms. The van der Waals surface area contributed by atoms with E-state index in [9.17, 15) is 4.79 Å². The third-order valence-electron chi connectivity index (χ3n) is 2.64. The molecule has 1 amide bonds. The summed E-state index contributed by atoms with van der Waals surface area (Å²) in [6.07, 6.45) is 1.16. The molecule has 0 saturated heterocycles. The summed E-state index contributed by atoms with van der Waals surface area (Å²) in [5.41, 5.74) is 1.98. The van der Waals surface area contributed by atoms with Crippen LogP contribution in [0.25, 0.3) is 0 Å². The molecule has 0 saturated carbocycles. The van der Waals surface area contributed by atoms with E-state index in [-0.39, 0.29) is 5.91 Å². The van der Waals surface area contributed by atoms with Crippen molar-refractivity contribution in [3.63, 3.8) is 0 Å². The summed E-state index contributed by atoms with van der Waals surface area (Å²) in [5, 5.41) is 3.55. The fourth-order valence-electron chi connectivity index (χ4n) is 1.66. The normalized spacial score (nSPS) is 10.3. The summed E-state index contributed by atoms with van der Waals surface area (Å²) >= 11 is 11.6. The molecule has 0 aromatic heterocycles. The van der Waals surface area contributed by atoms with E-state index in [2.05, 4.69) is 5.32 Å². The molecule has 0 atom stereocenters. The third-order valence-corrected chi connectivity index (χ3v) is 3.50. The SMILES string of the molecule is Cc1cc(OCCNC(=O)CCCCl)cc(C)c1Cl. The molecule has 19 heavy (non-hydrogen) atoms. The number of carbonyl (C=O) groups is 1. The van der Waals surface area contributed by atoms with Crippen LogP contribution in [0, 0.1) is 13.8 Å². The maximum absolute atomic E-state index is 11.3. The summed E-state index contributed by atoms with van der Waals surface area (Å²) in [7, 11) is 0. The van der Waals surface area contributed by atoms with Crippen LogP contribution in [-0.2, 0) is 4.79 Å². The fraction of sp³-hybridized carbons (Fsp3) is 0.500. The van der Waals surface area contributed by atoms with Crippen LogP contribution in [-0.4, -0.2) is 24.9 Å². The van der Waals surface area contributed by atoms with Crippen molar-refractivity contribution < 1.29 is 9.53 Å². The maximum atomic E-state index is 11.3. The average Bonchev–Trinajstić information content (AvgIpc) is 2.38. The highest BCUT2D eigenvalue weighted by molar-refractivity contribution is 6.32. The number of rotatable bonds is 7. The maximum Gasteiger partial charge on any atom is 0.220 e. The van der Waals surface area contributed by atoms with Gasteiger partial charge in [-0.05, 0) is 43.5 Å². The molecule has 0 unspecified atom stereocenters. The molecule has 3 nitrogen and oxygen atoms in total. The Balaban J connectivity index is 2.32. The van der Waals surface area contributed by atoms with Crippen LogP contribution in [0.15, 0.2) is 12.1 Å². The van der Waals surface area contributed by atoms with Gasteiger partial charge in [0, 0.05) is 17.3 Å². The molecule has 0 aliphatic rings. The number of halogens is 2. The molecular formula is C14H19Cl2NO2. The lowest BCUT2D eigenvalue weighted by Gasteiger charge is -2.10. The molecule has 1 N–H and O–H groups in total. The van der Waals surface area contributed by atoms with Gasteiger partial charge >= 0.3 is 0 Å². The number of carbonyl (C=O) groups excluding carboxylic acids is 1. The van der Waals surface area contributed by atoms with Crippen LogP contribution in [0.1, 0.15) is 24.0 Å². The number of benzene rings is 1. The molecule has 0 heterocycles. The number of aryl methyl sites for hydroxylation is 2. The Morgan fingerprint density at radius 1 is 1.32 bits per heavy atom. The fourth-order valence-corrected chi connectivity index (χ4v) is 1.91. The summed E-state index contributed by atoms with van der Waals surface area (Å²) < 4.78 is 5.58. The Hall–Kier alpha value is -0.930. The second-order valence-electron chi connectivity index (χ2n) is 4.36. The lowest BCUT2D eigenvalue weighted by molar-refractivity contribution is -0.121. The van der Waals surface area contributed by atoms with E-state index in [1.807, 2.05) is 26.0 Å². The van der Waals surface area contributed by atoms with E-state index in [4.69, 9.17) is 27.9 Å². The molecule has 1 rings (SSSR count). The Morgan fingerprint density at radius 2 is 1.95 bits per heavy atom. The highest BCUT2D eigenvalue weighted by Gasteiger charge is 2.04. The number of ether oxygens (including phenoxy) is 1. The summed E-state index contributed by atoms with van der Waals surface area (Å²) in [4.78, 5) is 11.3. The number of hydrogen-bond donors (Lipinski definition) is 1. The van der Waals surface area contributed by atoms with Crippen molar-refractivity contribution in [3.8, 4) is 5.75 Å². The van der Waals surface area contributed by atoms with Gasteiger partial charge in [0.2, 0.25) is 5.91 Å².